The maximum Gasteiger partial charge on any atom is 0.243 e. The molecule has 18 heavy (non-hydrogen) atoms. The molecule has 2 N–H and O–H groups in total. The van der Waals surface area contributed by atoms with Gasteiger partial charge in [-0.15, -0.1) is 0 Å². The zero-order valence-corrected chi connectivity index (χ0v) is 9.96. The van der Waals surface area contributed by atoms with Crippen LogP contribution in [0.15, 0.2) is 39.5 Å². The lowest BCUT2D eigenvalue weighted by Crippen LogP contribution is -2.08. The van der Waals surface area contributed by atoms with E-state index < -0.39 is 0 Å². The van der Waals surface area contributed by atoms with Crippen LogP contribution in [0.25, 0.3) is 22.4 Å². The largest absolute Gasteiger partial charge is 0.464 e. The first-order chi connectivity index (χ1) is 8.79. The Kier molecular flexibility index (Phi) is 2.60. The molecular weight excluding hydrogens is 230 g/mol. The Morgan fingerprint density at radius 1 is 1.33 bits per heavy atom. The molecule has 0 aliphatic carbocycles. The van der Waals surface area contributed by atoms with Crippen LogP contribution >= 0.6 is 0 Å². The predicted octanol–water partition coefficient (Wildman–Crippen LogP) is 2.89. The van der Waals surface area contributed by atoms with Gasteiger partial charge in [-0.25, -0.2) is 0 Å². The molecule has 92 valence electrons. The average molecular weight is 243 g/mol. The second-order valence-corrected chi connectivity index (χ2v) is 4.12. The van der Waals surface area contributed by atoms with Crippen molar-refractivity contribution < 1.29 is 8.94 Å². The third-order valence-corrected chi connectivity index (χ3v) is 2.92. The molecule has 5 nitrogen and oxygen atoms in total. The number of benzene rings is 1. The summed E-state index contributed by atoms with van der Waals surface area (Å²) < 4.78 is 10.6. The third-order valence-electron chi connectivity index (χ3n) is 2.92. The first-order valence-corrected chi connectivity index (χ1v) is 5.85. The van der Waals surface area contributed by atoms with E-state index >= 15 is 0 Å². The number of para-hydroxylation sites is 1. The van der Waals surface area contributed by atoms with E-state index in [1.807, 2.05) is 31.2 Å². The molecule has 0 aliphatic heterocycles. The monoisotopic (exact) mass is 243 g/mol. The Morgan fingerprint density at radius 2 is 2.17 bits per heavy atom. The van der Waals surface area contributed by atoms with E-state index in [1.165, 1.54) is 0 Å². The van der Waals surface area contributed by atoms with Crippen LogP contribution in [-0.4, -0.2) is 10.1 Å². The van der Waals surface area contributed by atoms with Crippen molar-refractivity contribution in [1.82, 2.24) is 10.1 Å². The van der Waals surface area contributed by atoms with Crippen LogP contribution in [0.3, 0.4) is 0 Å². The maximum atomic E-state index is 5.85. The van der Waals surface area contributed by atoms with E-state index in [-0.39, 0.29) is 6.04 Å². The molecular formula is C13H13N3O2. The molecule has 1 unspecified atom stereocenters. The molecule has 5 heteroatoms. The summed E-state index contributed by atoms with van der Waals surface area (Å²) in [6.45, 7) is 1.97. The Bertz CT molecular complexity index is 671. The highest BCUT2D eigenvalue weighted by Gasteiger charge is 2.17. The van der Waals surface area contributed by atoms with Crippen molar-refractivity contribution in [3.05, 3.63) is 36.4 Å². The summed E-state index contributed by atoms with van der Waals surface area (Å²) in [6.07, 6.45) is 2.39. The molecule has 0 amide bonds. The van der Waals surface area contributed by atoms with Crippen molar-refractivity contribution >= 4 is 11.0 Å². The Morgan fingerprint density at radius 3 is 3.00 bits per heavy atom. The summed E-state index contributed by atoms with van der Waals surface area (Å²) in [5, 5.41) is 4.92. The van der Waals surface area contributed by atoms with Gasteiger partial charge >= 0.3 is 0 Å². The molecule has 0 radical (unpaired) electrons. The normalized spacial score (nSPS) is 13.0. The van der Waals surface area contributed by atoms with Gasteiger partial charge in [0.2, 0.25) is 11.7 Å². The Hall–Kier alpha value is -2.14. The third kappa shape index (κ3) is 1.69. The average Bonchev–Trinajstić information content (AvgIpc) is 3.03. The molecule has 0 aliphatic rings. The van der Waals surface area contributed by atoms with Crippen molar-refractivity contribution in [1.29, 1.82) is 0 Å². The van der Waals surface area contributed by atoms with Crippen LogP contribution in [0.4, 0.5) is 0 Å². The van der Waals surface area contributed by atoms with E-state index in [4.69, 9.17) is 14.7 Å². The molecule has 0 spiro atoms. The summed E-state index contributed by atoms with van der Waals surface area (Å²) in [6, 6.07) is 7.51. The summed E-state index contributed by atoms with van der Waals surface area (Å²) in [5.41, 5.74) is 7.48. The Balaban J connectivity index is 2.07. The van der Waals surface area contributed by atoms with Gasteiger partial charge in [-0.3, -0.25) is 0 Å². The van der Waals surface area contributed by atoms with Crippen LogP contribution in [0, 0.1) is 0 Å². The second-order valence-electron chi connectivity index (χ2n) is 4.12. The number of hydrogen-bond acceptors (Lipinski definition) is 5. The van der Waals surface area contributed by atoms with E-state index in [2.05, 4.69) is 10.1 Å². The molecule has 2 heterocycles. The van der Waals surface area contributed by atoms with Gasteiger partial charge in [-0.05, 0) is 12.5 Å². The van der Waals surface area contributed by atoms with Gasteiger partial charge in [0.15, 0.2) is 0 Å². The number of hydrogen-bond donors (Lipinski definition) is 1. The van der Waals surface area contributed by atoms with Gasteiger partial charge in [-0.1, -0.05) is 30.3 Å². The van der Waals surface area contributed by atoms with Gasteiger partial charge < -0.3 is 14.7 Å². The van der Waals surface area contributed by atoms with Crippen molar-refractivity contribution in [2.24, 2.45) is 5.73 Å². The quantitative estimate of drug-likeness (QED) is 0.765. The van der Waals surface area contributed by atoms with Crippen molar-refractivity contribution in [2.45, 2.75) is 19.4 Å². The number of furan rings is 1. The van der Waals surface area contributed by atoms with Gasteiger partial charge in [-0.2, -0.15) is 4.98 Å². The number of rotatable bonds is 3. The fraction of sp³-hybridized carbons (Fsp3) is 0.231. The lowest BCUT2D eigenvalue weighted by molar-refractivity contribution is 0.352. The fourth-order valence-corrected chi connectivity index (χ4v) is 1.82. The molecule has 1 aromatic carbocycles. The van der Waals surface area contributed by atoms with Crippen molar-refractivity contribution in [3.63, 3.8) is 0 Å². The predicted molar refractivity (Wildman–Crippen MR) is 66.7 cm³/mol. The van der Waals surface area contributed by atoms with Gasteiger partial charge in [0.25, 0.3) is 0 Å². The first kappa shape index (κ1) is 11.0. The zero-order chi connectivity index (χ0) is 12.5. The molecule has 0 fully saturated rings. The van der Waals surface area contributed by atoms with Gasteiger partial charge in [0.1, 0.15) is 11.8 Å². The van der Waals surface area contributed by atoms with Crippen LogP contribution in [0.5, 0.6) is 0 Å². The number of aromatic nitrogens is 2. The first-order valence-electron chi connectivity index (χ1n) is 5.85. The number of fused-ring (bicyclic) bond motifs is 1. The zero-order valence-electron chi connectivity index (χ0n) is 9.96. The van der Waals surface area contributed by atoms with E-state index in [0.717, 1.165) is 23.0 Å². The van der Waals surface area contributed by atoms with Crippen molar-refractivity contribution in [3.8, 4) is 11.4 Å². The fourth-order valence-electron chi connectivity index (χ4n) is 1.82. The molecule has 0 saturated heterocycles. The van der Waals surface area contributed by atoms with Gasteiger partial charge in [0.05, 0.1) is 11.6 Å². The number of nitrogens with zero attached hydrogens (tertiary/aromatic N) is 2. The van der Waals surface area contributed by atoms with Crippen LogP contribution in [0.1, 0.15) is 25.3 Å². The van der Waals surface area contributed by atoms with Crippen LogP contribution < -0.4 is 5.73 Å². The molecule has 0 saturated carbocycles. The van der Waals surface area contributed by atoms with E-state index in [9.17, 15) is 0 Å². The molecule has 2 aromatic heterocycles. The summed E-state index contributed by atoms with van der Waals surface area (Å²) in [7, 11) is 0. The van der Waals surface area contributed by atoms with Gasteiger partial charge in [0, 0.05) is 5.39 Å². The van der Waals surface area contributed by atoms with E-state index in [1.54, 1.807) is 6.26 Å². The Labute approximate surface area is 104 Å². The maximum absolute atomic E-state index is 5.85. The minimum Gasteiger partial charge on any atom is -0.464 e. The second kappa shape index (κ2) is 4.27. The van der Waals surface area contributed by atoms with E-state index in [0.29, 0.717) is 11.7 Å². The topological polar surface area (TPSA) is 78.1 Å². The minimum atomic E-state index is -0.218. The minimum absolute atomic E-state index is 0.218. The summed E-state index contributed by atoms with van der Waals surface area (Å²) >= 11 is 0. The van der Waals surface area contributed by atoms with Crippen LogP contribution in [0.2, 0.25) is 0 Å². The highest BCUT2D eigenvalue weighted by atomic mass is 16.5. The smallest absolute Gasteiger partial charge is 0.243 e. The summed E-state index contributed by atoms with van der Waals surface area (Å²) in [5.74, 6) is 0.969. The van der Waals surface area contributed by atoms with Crippen LogP contribution in [-0.2, 0) is 0 Å². The SMILES string of the molecule is CCC(N)c1nc(-c2coc3ccccc23)no1. The highest BCUT2D eigenvalue weighted by Crippen LogP contribution is 2.29. The highest BCUT2D eigenvalue weighted by molar-refractivity contribution is 5.91. The molecule has 0 bridgehead atoms. The molecule has 1 atom stereocenters. The molecule has 3 aromatic rings. The standard InChI is InChI=1S/C13H13N3O2/c1-2-10(14)13-15-12(16-18-13)9-7-17-11-6-4-3-5-8(9)11/h3-7,10H,2,14H2,1H3. The molecule has 3 rings (SSSR count). The lowest BCUT2D eigenvalue weighted by Gasteiger charge is -1.98. The number of nitrogens with two attached hydrogens (primary N) is 1. The lowest BCUT2D eigenvalue weighted by atomic mass is 10.1. The van der Waals surface area contributed by atoms with Crippen molar-refractivity contribution in [2.75, 3.05) is 0 Å². The summed E-state index contributed by atoms with van der Waals surface area (Å²) in [4.78, 5) is 4.31.